The van der Waals surface area contributed by atoms with Gasteiger partial charge < -0.3 is 47.0 Å². The molecule has 0 unspecified atom stereocenters. The van der Waals surface area contributed by atoms with E-state index in [0.717, 1.165) is 163 Å². The van der Waals surface area contributed by atoms with Crippen molar-refractivity contribution < 1.29 is 9.47 Å². The third-order valence-corrected chi connectivity index (χ3v) is 24.9. The standard InChI is InChI=1S/C114H88N8O2/c1-3-79-44-61-93(62-45-79)123-72-26-24-70-115-105-39-19-14-34-95(105)100-65-56-88(74-110(100)115)118(91-59-68-103-98-37-17-22-42-108(98)121(113(103)77-91)82-30-10-6-11-31-82)86-52-48-84(49-53-86)117(90-58-67-102-97-36-16-21-41-107(97)120(112(102)76-90)81-28-8-5-9-29-81)85-50-54-87(55-51-85)119(92-60-69-104-99-38-18-23-43-109(99)122(114(104)78-92)83-32-12-7-13-33-83)89-57-66-101-96-35-15-20-40-106(96)116(111(101)75-89)71-25-27-73-124-94-63-46-80(4-2)47-64-94/h3-23,28-69,74-78H,1-2,24-27,70-73H2. The number of benzene rings is 17. The molecule has 0 N–H and O–H groups in total. The number of rotatable bonds is 26. The van der Waals surface area contributed by atoms with Crippen LogP contribution in [0.1, 0.15) is 36.8 Å². The van der Waals surface area contributed by atoms with E-state index < -0.39 is 0 Å². The summed E-state index contributed by atoms with van der Waals surface area (Å²) >= 11 is 0. The minimum atomic E-state index is 0.620. The lowest BCUT2D eigenvalue weighted by atomic mass is 10.1. The first-order valence-electron chi connectivity index (χ1n) is 43.0. The van der Waals surface area contributed by atoms with Crippen molar-refractivity contribution in [1.82, 2.24) is 22.8 Å². The molecule has 17 aromatic carbocycles. The minimum absolute atomic E-state index is 0.620. The van der Waals surface area contributed by atoms with Crippen molar-refractivity contribution in [2.75, 3.05) is 27.9 Å². The van der Waals surface area contributed by atoms with Crippen molar-refractivity contribution in [3.63, 3.8) is 0 Å². The average molecular weight is 1600 g/mol. The molecule has 0 bridgehead atoms. The number of nitrogens with zero attached hydrogens (tertiary/aromatic N) is 8. The Hall–Kier alpha value is -15.8. The Morgan fingerprint density at radius 2 is 0.444 bits per heavy atom. The van der Waals surface area contributed by atoms with Gasteiger partial charge in [-0.2, -0.15) is 0 Å². The van der Waals surface area contributed by atoms with Crippen LogP contribution >= 0.6 is 0 Å². The van der Waals surface area contributed by atoms with Crippen LogP contribution in [-0.2, 0) is 13.1 Å². The Kier molecular flexibility index (Phi) is 19.3. The lowest BCUT2D eigenvalue weighted by Crippen LogP contribution is -2.13. The number of para-hydroxylation sites is 8. The highest BCUT2D eigenvalue weighted by molar-refractivity contribution is 6.15. The molecule has 0 saturated carbocycles. The maximum Gasteiger partial charge on any atom is 0.119 e. The number of aromatic nitrogens is 5. The van der Waals surface area contributed by atoms with Gasteiger partial charge in [0, 0.05) is 146 Å². The molecular weight excluding hydrogens is 1510 g/mol. The molecule has 10 nitrogen and oxygen atoms in total. The second kappa shape index (κ2) is 32.1. The van der Waals surface area contributed by atoms with Gasteiger partial charge in [-0.3, -0.25) is 0 Å². The number of unbranched alkanes of at least 4 members (excludes halogenated alkanes) is 2. The summed E-state index contributed by atoms with van der Waals surface area (Å²) in [5.74, 6) is 1.74. The molecule has 22 aromatic rings. The largest absolute Gasteiger partial charge is 0.494 e. The molecular formula is C114H88N8O2. The van der Waals surface area contributed by atoms with E-state index in [9.17, 15) is 0 Å². The number of aryl methyl sites for hydroxylation is 2. The molecule has 22 rings (SSSR count). The van der Waals surface area contributed by atoms with Crippen molar-refractivity contribution in [3.05, 3.63) is 425 Å². The van der Waals surface area contributed by atoms with Crippen LogP contribution in [0.15, 0.2) is 414 Å². The molecule has 0 radical (unpaired) electrons. The molecule has 0 amide bonds. The summed E-state index contributed by atoms with van der Waals surface area (Å²) in [6.45, 7) is 10.8. The van der Waals surface area contributed by atoms with Gasteiger partial charge in [-0.05, 0) is 237 Å². The second-order valence-corrected chi connectivity index (χ2v) is 32.1. The normalized spacial score (nSPS) is 11.7. The highest BCUT2D eigenvalue weighted by Crippen LogP contribution is 2.48. The van der Waals surface area contributed by atoms with E-state index in [1.165, 1.54) is 75.9 Å². The van der Waals surface area contributed by atoms with Crippen LogP contribution in [0, 0.1) is 0 Å². The molecule has 596 valence electrons. The van der Waals surface area contributed by atoms with E-state index in [1.807, 2.05) is 36.4 Å². The lowest BCUT2D eigenvalue weighted by Gasteiger charge is -2.30. The van der Waals surface area contributed by atoms with Crippen LogP contribution in [0.2, 0.25) is 0 Å². The zero-order valence-corrected chi connectivity index (χ0v) is 68.7. The van der Waals surface area contributed by atoms with E-state index in [0.29, 0.717) is 13.2 Å². The van der Waals surface area contributed by atoms with E-state index in [1.54, 1.807) is 0 Å². The molecule has 0 atom stereocenters. The third kappa shape index (κ3) is 13.4. The molecule has 0 spiro atoms. The molecule has 0 aliphatic heterocycles. The van der Waals surface area contributed by atoms with Gasteiger partial charge in [0.1, 0.15) is 11.5 Å². The summed E-state index contributed by atoms with van der Waals surface area (Å²) in [5, 5.41) is 12.1. The van der Waals surface area contributed by atoms with Crippen molar-refractivity contribution >= 4 is 172 Å². The molecule has 10 heteroatoms. The molecule has 0 saturated heterocycles. The van der Waals surface area contributed by atoms with Crippen molar-refractivity contribution in [1.29, 1.82) is 0 Å². The van der Waals surface area contributed by atoms with E-state index >= 15 is 0 Å². The molecule has 124 heavy (non-hydrogen) atoms. The third-order valence-electron chi connectivity index (χ3n) is 24.9. The first-order chi connectivity index (χ1) is 61.4. The van der Waals surface area contributed by atoms with E-state index in [2.05, 4.69) is 427 Å². The Morgan fingerprint density at radius 1 is 0.210 bits per heavy atom. The molecule has 0 fully saturated rings. The zero-order chi connectivity index (χ0) is 82.6. The monoisotopic (exact) mass is 1600 g/mol. The van der Waals surface area contributed by atoms with Gasteiger partial charge in [0.25, 0.3) is 0 Å². The molecule has 0 aliphatic rings. The van der Waals surface area contributed by atoms with Crippen molar-refractivity contribution in [3.8, 4) is 28.6 Å². The molecule has 5 aromatic heterocycles. The second-order valence-electron chi connectivity index (χ2n) is 32.1. The van der Waals surface area contributed by atoms with Gasteiger partial charge in [0.2, 0.25) is 0 Å². The number of hydrogen-bond acceptors (Lipinski definition) is 5. The van der Waals surface area contributed by atoms with Crippen LogP contribution in [-0.4, -0.2) is 36.0 Å². The molecule has 5 heterocycles. The van der Waals surface area contributed by atoms with Gasteiger partial charge in [-0.15, -0.1) is 0 Å². The quantitative estimate of drug-likeness (QED) is 0.0506. The maximum atomic E-state index is 6.32. The number of fused-ring (bicyclic) bond motifs is 15. The fourth-order valence-electron chi connectivity index (χ4n) is 19.1. The zero-order valence-electron chi connectivity index (χ0n) is 68.7. The maximum absolute atomic E-state index is 6.32. The Bertz CT molecular complexity index is 7390. The average Bonchev–Trinajstić information content (AvgIpc) is 1.58. The van der Waals surface area contributed by atoms with Gasteiger partial charge in [0.05, 0.1) is 57.3 Å². The van der Waals surface area contributed by atoms with E-state index in [-0.39, 0.29) is 0 Å². The Labute approximate surface area is 719 Å². The van der Waals surface area contributed by atoms with Crippen LogP contribution in [0.4, 0.5) is 51.2 Å². The Morgan fingerprint density at radius 3 is 0.742 bits per heavy atom. The highest BCUT2D eigenvalue weighted by atomic mass is 16.5. The topological polar surface area (TPSA) is 52.8 Å². The van der Waals surface area contributed by atoms with Crippen LogP contribution < -0.4 is 24.2 Å². The minimum Gasteiger partial charge on any atom is -0.494 e. The van der Waals surface area contributed by atoms with Crippen LogP contribution in [0.3, 0.4) is 0 Å². The van der Waals surface area contributed by atoms with Gasteiger partial charge in [-0.25, -0.2) is 0 Å². The first kappa shape index (κ1) is 74.5. The van der Waals surface area contributed by atoms with Crippen LogP contribution in [0.5, 0.6) is 11.5 Å². The first-order valence-corrected chi connectivity index (χ1v) is 43.0. The predicted molar refractivity (Wildman–Crippen MR) is 522 cm³/mol. The summed E-state index contributed by atoms with van der Waals surface area (Å²) < 4.78 is 24.9. The highest BCUT2D eigenvalue weighted by Gasteiger charge is 2.26. The number of ether oxygens (including phenoxy) is 2. The summed E-state index contributed by atoms with van der Waals surface area (Å²) in [6.07, 6.45) is 7.38. The SMILES string of the molecule is C=Cc1ccc(OCCCCn2c3ccccc3c3ccc(N(c4ccc(N(c5ccc(N(c6ccc7c8ccccc8n(CCCCOc8ccc(C=C)cc8)c7c6)c6ccc7c8ccccc8n(-c8ccccc8)c7c6)cc5)c5ccc6c7ccccc7n(-c7ccccc7)c6c5)cc4)c4ccc5c6ccccc6n(-c6ccccc6)c5c4)cc32)cc1. The van der Waals surface area contributed by atoms with Gasteiger partial charge in [-0.1, -0.05) is 226 Å². The fraction of sp³-hybridized carbons (Fsp3) is 0.0702. The summed E-state index contributed by atoms with van der Waals surface area (Å²) in [4.78, 5) is 7.34. The fourth-order valence-corrected chi connectivity index (χ4v) is 19.1. The molecule has 0 aliphatic carbocycles. The van der Waals surface area contributed by atoms with Crippen molar-refractivity contribution in [2.45, 2.75) is 38.8 Å². The van der Waals surface area contributed by atoms with Gasteiger partial charge >= 0.3 is 0 Å². The number of hydrogen-bond donors (Lipinski definition) is 0. The Balaban J connectivity index is 0.695. The summed E-state index contributed by atoms with van der Waals surface area (Å²) in [6, 6.07) is 147. The predicted octanol–water partition coefficient (Wildman–Crippen LogP) is 30.6. The summed E-state index contributed by atoms with van der Waals surface area (Å²) in [7, 11) is 0. The van der Waals surface area contributed by atoms with E-state index in [4.69, 9.17) is 9.47 Å². The smallest absolute Gasteiger partial charge is 0.119 e. The lowest BCUT2D eigenvalue weighted by molar-refractivity contribution is 0.304. The number of anilines is 9. The van der Waals surface area contributed by atoms with Crippen molar-refractivity contribution in [2.24, 2.45) is 0 Å². The van der Waals surface area contributed by atoms with Gasteiger partial charge in [0.15, 0.2) is 0 Å². The van der Waals surface area contributed by atoms with Crippen LogP contribution in [0.25, 0.3) is 138 Å². The summed E-state index contributed by atoms with van der Waals surface area (Å²) in [5.41, 5.74) is 26.2.